The number of benzene rings is 4. The van der Waals surface area contributed by atoms with E-state index in [-0.39, 0.29) is 15.3 Å². The van der Waals surface area contributed by atoms with Crippen molar-refractivity contribution in [3.8, 4) is 0 Å². The number of unbranched alkanes of at least 4 members (excludes halogenated alkanes) is 3. The van der Waals surface area contributed by atoms with Gasteiger partial charge in [0.15, 0.2) is 5.71 Å². The zero-order valence-electron chi connectivity index (χ0n) is 29.1. The minimum Gasteiger partial charge on any atom is -0.331 e. The molecule has 4 aromatic rings. The van der Waals surface area contributed by atoms with Gasteiger partial charge in [0.25, 0.3) is 10.1 Å². The number of hydrogen-bond acceptors (Lipinski definition) is 3. The molecule has 0 saturated carbocycles. The summed E-state index contributed by atoms with van der Waals surface area (Å²) in [7, 11) is -4.38. The number of rotatable bonds is 12. The lowest BCUT2D eigenvalue weighted by Crippen LogP contribution is -2.32. The van der Waals surface area contributed by atoms with E-state index in [1.165, 1.54) is 40.2 Å². The molecule has 2 aliphatic rings. The molecule has 0 saturated heterocycles. The zero-order chi connectivity index (χ0) is 35.1. The predicted molar refractivity (Wildman–Crippen MR) is 213 cm³/mol. The Bertz CT molecular complexity index is 2110. The summed E-state index contributed by atoms with van der Waals surface area (Å²) >= 11 is 7.66. The average Bonchev–Trinajstić information content (AvgIpc) is 3.43. The Balaban J connectivity index is 1.49. The van der Waals surface area contributed by atoms with Gasteiger partial charge in [-0.15, -0.1) is 0 Å². The van der Waals surface area contributed by atoms with Gasteiger partial charge in [0, 0.05) is 51.6 Å². The average molecular weight is 808 g/mol. The van der Waals surface area contributed by atoms with Crippen LogP contribution in [0.1, 0.15) is 84.3 Å². The number of hydrogen-bond donors (Lipinski definition) is 1. The maximum atomic E-state index is 12.4. The first kappa shape index (κ1) is 36.0. The van der Waals surface area contributed by atoms with Crippen LogP contribution >= 0.6 is 31.9 Å². The molecule has 2 aliphatic heterocycles. The largest absolute Gasteiger partial charge is 0.331 e. The fourth-order valence-corrected chi connectivity index (χ4v) is 9.97. The highest BCUT2D eigenvalue weighted by molar-refractivity contribution is 9.09. The fraction of sp³-hybridized carbons (Fsp3) is 0.390. The standard InChI is InChI=1S/C41H46Br2N2O3S/c1-6-7-21-37(43)45-33-25-23-30-31(17-13-18-34(30)49(46,47)48)39(33)41(4,5)36(45)20-14-19-35-40(2,3)38-29-16-10-9-15-28(29)22-24-32(38)44(35)27-12-8-11-26-42/h9-10,13-20,22-25,37H,6-8,11-12,21,26-27H2,1-5H3/p+1. The molecule has 1 N–H and O–H groups in total. The van der Waals surface area contributed by atoms with Crippen molar-refractivity contribution in [2.75, 3.05) is 16.8 Å². The van der Waals surface area contributed by atoms with Gasteiger partial charge in [0.05, 0.1) is 10.4 Å². The van der Waals surface area contributed by atoms with Crippen molar-refractivity contribution in [1.82, 2.24) is 0 Å². The lowest BCUT2D eigenvalue weighted by atomic mass is 9.79. The van der Waals surface area contributed by atoms with Crippen molar-refractivity contribution >= 4 is 80.6 Å². The Kier molecular flexibility index (Phi) is 10.4. The van der Waals surface area contributed by atoms with Gasteiger partial charge in [0.1, 0.15) is 11.4 Å². The Morgan fingerprint density at radius 2 is 1.61 bits per heavy atom. The number of allylic oxidation sites excluding steroid dienone is 4. The molecule has 0 amide bonds. The summed E-state index contributed by atoms with van der Waals surface area (Å²) in [4.78, 5) is 2.39. The summed E-state index contributed by atoms with van der Waals surface area (Å²) in [6.45, 7) is 12.3. The summed E-state index contributed by atoms with van der Waals surface area (Å²) < 4.78 is 37.3. The monoisotopic (exact) mass is 805 g/mol. The summed E-state index contributed by atoms with van der Waals surface area (Å²) in [6.07, 6.45) is 13.4. The van der Waals surface area contributed by atoms with Gasteiger partial charge < -0.3 is 4.90 Å². The normalized spacial score (nSPS) is 18.3. The van der Waals surface area contributed by atoms with Crippen molar-refractivity contribution in [3.63, 3.8) is 0 Å². The zero-order valence-corrected chi connectivity index (χ0v) is 33.1. The molecule has 0 spiro atoms. The number of fused-ring (bicyclic) bond motifs is 6. The summed E-state index contributed by atoms with van der Waals surface area (Å²) in [5, 5.41) is 4.98. The van der Waals surface area contributed by atoms with Crippen LogP contribution < -0.4 is 4.90 Å². The molecule has 0 fully saturated rings. The number of nitrogens with zero attached hydrogens (tertiary/aromatic N) is 2. The van der Waals surface area contributed by atoms with E-state index in [0.717, 1.165) is 66.3 Å². The molecule has 1 atom stereocenters. The van der Waals surface area contributed by atoms with Gasteiger partial charge >= 0.3 is 0 Å². The molecule has 6 rings (SSSR count). The van der Waals surface area contributed by atoms with E-state index in [1.807, 2.05) is 18.2 Å². The van der Waals surface area contributed by atoms with E-state index in [1.54, 1.807) is 6.07 Å². The molecule has 0 aromatic heterocycles. The summed E-state index contributed by atoms with van der Waals surface area (Å²) in [6, 6.07) is 22.3. The van der Waals surface area contributed by atoms with E-state index >= 15 is 0 Å². The molecule has 0 bridgehead atoms. The molecule has 4 aromatic carbocycles. The molecular formula is C41H47Br2N2O3S+. The minimum absolute atomic E-state index is 0.0583. The third-order valence-corrected chi connectivity index (χ3v) is 12.8. The van der Waals surface area contributed by atoms with Gasteiger partial charge in [-0.3, -0.25) is 4.55 Å². The van der Waals surface area contributed by atoms with Crippen LogP contribution in [-0.4, -0.2) is 40.1 Å². The van der Waals surface area contributed by atoms with Crippen molar-refractivity contribution in [2.45, 2.75) is 93.8 Å². The Morgan fingerprint density at radius 3 is 2.35 bits per heavy atom. The third-order valence-electron chi connectivity index (χ3n) is 10.4. The lowest BCUT2D eigenvalue weighted by molar-refractivity contribution is -0.438. The highest BCUT2D eigenvalue weighted by Crippen LogP contribution is 2.53. The Hall–Kier alpha value is -2.78. The Morgan fingerprint density at radius 1 is 0.857 bits per heavy atom. The van der Waals surface area contributed by atoms with E-state index < -0.39 is 15.5 Å². The van der Waals surface area contributed by atoms with Gasteiger partial charge in [-0.25, -0.2) is 0 Å². The smallest absolute Gasteiger partial charge is 0.295 e. The van der Waals surface area contributed by atoms with Crippen molar-refractivity contribution < 1.29 is 17.5 Å². The van der Waals surface area contributed by atoms with E-state index in [0.29, 0.717) is 5.39 Å². The molecule has 0 radical (unpaired) electrons. The third kappa shape index (κ3) is 6.47. The van der Waals surface area contributed by atoms with Crippen LogP contribution in [0.15, 0.2) is 95.6 Å². The second kappa shape index (κ2) is 14.1. The second-order valence-electron chi connectivity index (χ2n) is 14.4. The summed E-state index contributed by atoms with van der Waals surface area (Å²) in [5.74, 6) is 0. The van der Waals surface area contributed by atoms with Crippen molar-refractivity contribution in [2.24, 2.45) is 0 Å². The van der Waals surface area contributed by atoms with Crippen LogP contribution in [0.5, 0.6) is 0 Å². The molecule has 2 heterocycles. The maximum absolute atomic E-state index is 12.4. The van der Waals surface area contributed by atoms with Crippen LogP contribution in [0.4, 0.5) is 11.4 Å². The first-order chi connectivity index (χ1) is 23.3. The molecule has 0 aliphatic carbocycles. The molecule has 5 nitrogen and oxygen atoms in total. The summed E-state index contributed by atoms with van der Waals surface area (Å²) in [5.41, 5.74) is 6.60. The molecule has 49 heavy (non-hydrogen) atoms. The van der Waals surface area contributed by atoms with Crippen molar-refractivity contribution in [3.05, 3.63) is 102 Å². The van der Waals surface area contributed by atoms with E-state index in [2.05, 4.69) is 131 Å². The first-order valence-corrected chi connectivity index (χ1v) is 20.9. The fourth-order valence-electron chi connectivity index (χ4n) is 8.10. The SMILES string of the molecule is CCCCC(Br)N1/C(=C\C=C\C2=[N+](CCCCCBr)c3ccc4ccccc4c3C2(C)C)C(C)(C)c2c1ccc1c(S(=O)(=O)O)cccc21. The van der Waals surface area contributed by atoms with Crippen LogP contribution in [-0.2, 0) is 20.9 Å². The lowest BCUT2D eigenvalue weighted by Gasteiger charge is -2.31. The van der Waals surface area contributed by atoms with E-state index in [9.17, 15) is 13.0 Å². The van der Waals surface area contributed by atoms with Gasteiger partial charge in [-0.2, -0.15) is 13.0 Å². The molecule has 258 valence electrons. The molecule has 8 heteroatoms. The predicted octanol–water partition coefficient (Wildman–Crippen LogP) is 11.3. The number of halogens is 2. The second-order valence-corrected chi connectivity index (χ2v) is 17.6. The van der Waals surface area contributed by atoms with E-state index in [4.69, 9.17) is 0 Å². The van der Waals surface area contributed by atoms with Crippen molar-refractivity contribution in [1.29, 1.82) is 0 Å². The van der Waals surface area contributed by atoms with Crippen LogP contribution in [0.2, 0.25) is 0 Å². The van der Waals surface area contributed by atoms with Gasteiger partial charge in [-0.1, -0.05) is 114 Å². The van der Waals surface area contributed by atoms with Crippen LogP contribution in [0, 0.1) is 0 Å². The molecular weight excluding hydrogens is 760 g/mol. The maximum Gasteiger partial charge on any atom is 0.295 e. The highest BCUT2D eigenvalue weighted by Gasteiger charge is 2.46. The number of anilines is 1. The van der Waals surface area contributed by atoms with Crippen LogP contribution in [0.3, 0.4) is 0 Å². The molecule has 1 unspecified atom stereocenters. The number of alkyl halides is 2. The van der Waals surface area contributed by atoms with Gasteiger partial charge in [0.2, 0.25) is 5.69 Å². The van der Waals surface area contributed by atoms with Crippen LogP contribution in [0.25, 0.3) is 21.5 Å². The highest BCUT2D eigenvalue weighted by atomic mass is 79.9. The quantitative estimate of drug-likeness (QED) is 0.0509. The first-order valence-electron chi connectivity index (χ1n) is 17.4. The van der Waals surface area contributed by atoms with Gasteiger partial charge in [-0.05, 0) is 79.1 Å². The minimum atomic E-state index is -4.38. The Labute approximate surface area is 308 Å². The topological polar surface area (TPSA) is 60.6 Å².